The van der Waals surface area contributed by atoms with E-state index < -0.39 is 23.3 Å². The van der Waals surface area contributed by atoms with Crippen LogP contribution in [0, 0.1) is 35.1 Å². The van der Waals surface area contributed by atoms with Gasteiger partial charge < -0.3 is 0 Å². The molecule has 0 bridgehead atoms. The number of allylic oxidation sites excluding steroid dienone is 2. The van der Waals surface area contributed by atoms with Gasteiger partial charge in [-0.25, -0.2) is 17.6 Å². The summed E-state index contributed by atoms with van der Waals surface area (Å²) >= 11 is 0. The molecule has 2 aromatic rings. The quantitative estimate of drug-likeness (QED) is 0.228. The highest BCUT2D eigenvalue weighted by Crippen LogP contribution is 2.37. The molecule has 1 fully saturated rings. The fraction of sp³-hybridized carbons (Fsp3) is 0.500. The summed E-state index contributed by atoms with van der Waals surface area (Å²) in [6.45, 7) is 2.26. The van der Waals surface area contributed by atoms with E-state index in [1.807, 2.05) is 6.07 Å². The maximum absolute atomic E-state index is 15.2. The summed E-state index contributed by atoms with van der Waals surface area (Å²) in [5.41, 5.74) is 3.00. The van der Waals surface area contributed by atoms with Crippen molar-refractivity contribution in [1.29, 1.82) is 0 Å². The molecular weight excluding hydrogens is 412 g/mol. The molecule has 0 atom stereocenters. The zero-order valence-corrected chi connectivity index (χ0v) is 18.8. The van der Waals surface area contributed by atoms with Crippen LogP contribution in [0.1, 0.15) is 75.8 Å². The average molecular weight is 445 g/mol. The van der Waals surface area contributed by atoms with Gasteiger partial charge in [0, 0.05) is 5.56 Å². The molecular formula is C28H32F4. The number of unbranched alkanes of at least 4 members (excludes halogenated alkanes) is 1. The van der Waals surface area contributed by atoms with Crippen LogP contribution in [0.2, 0.25) is 0 Å². The predicted molar refractivity (Wildman–Crippen MR) is 121 cm³/mol. The Morgan fingerprint density at radius 2 is 1.50 bits per heavy atom. The molecule has 0 N–H and O–H groups in total. The van der Waals surface area contributed by atoms with Crippen LogP contribution in [0.3, 0.4) is 0 Å². The van der Waals surface area contributed by atoms with Crippen LogP contribution in [0.25, 0.3) is 11.1 Å². The summed E-state index contributed by atoms with van der Waals surface area (Å²) in [5, 5.41) is 0. The fourth-order valence-corrected chi connectivity index (χ4v) is 5.43. The Labute approximate surface area is 188 Å². The molecule has 0 amide bonds. The van der Waals surface area contributed by atoms with Crippen molar-refractivity contribution in [1.82, 2.24) is 0 Å². The zero-order chi connectivity index (χ0) is 22.7. The minimum Gasteiger partial charge on any atom is -0.206 e. The van der Waals surface area contributed by atoms with Crippen LogP contribution in [0.4, 0.5) is 17.6 Å². The fourth-order valence-electron chi connectivity index (χ4n) is 5.43. The molecule has 0 nitrogen and oxygen atoms in total. The highest BCUT2D eigenvalue weighted by molar-refractivity contribution is 5.67. The van der Waals surface area contributed by atoms with Crippen molar-refractivity contribution in [3.63, 3.8) is 0 Å². The molecule has 0 saturated heterocycles. The second-order valence-electron chi connectivity index (χ2n) is 9.63. The summed E-state index contributed by atoms with van der Waals surface area (Å²) in [5.74, 6) is -2.88. The molecule has 0 aromatic heterocycles. The van der Waals surface area contributed by atoms with Gasteiger partial charge in [0.2, 0.25) is 0 Å². The van der Waals surface area contributed by atoms with Crippen molar-refractivity contribution < 1.29 is 17.6 Å². The first kappa shape index (κ1) is 23.1. The van der Waals surface area contributed by atoms with E-state index in [4.69, 9.17) is 0 Å². The molecule has 2 aliphatic rings. The van der Waals surface area contributed by atoms with Crippen molar-refractivity contribution in [3.8, 4) is 11.1 Å². The van der Waals surface area contributed by atoms with E-state index >= 15 is 4.39 Å². The lowest BCUT2D eigenvalue weighted by Crippen LogP contribution is -2.15. The summed E-state index contributed by atoms with van der Waals surface area (Å²) in [6.07, 6.45) is 15.0. The Morgan fingerprint density at radius 1 is 0.844 bits per heavy atom. The highest BCUT2D eigenvalue weighted by atomic mass is 19.2. The van der Waals surface area contributed by atoms with Crippen LogP contribution in [-0.4, -0.2) is 0 Å². The van der Waals surface area contributed by atoms with Gasteiger partial charge in [-0.2, -0.15) is 0 Å². The van der Waals surface area contributed by atoms with Crippen LogP contribution >= 0.6 is 0 Å². The topological polar surface area (TPSA) is 0 Å². The number of hydrogen-bond donors (Lipinski definition) is 0. The SMILES string of the molecule is CCCCC1CCC(CCC2=CCc3c(ccc(-c4cc(F)c(F)c(F)c4)c3F)C2)CC1. The smallest absolute Gasteiger partial charge is 0.194 e. The lowest BCUT2D eigenvalue weighted by molar-refractivity contribution is 0.249. The Hall–Kier alpha value is -2.10. The molecule has 2 aliphatic carbocycles. The summed E-state index contributed by atoms with van der Waals surface area (Å²) in [4.78, 5) is 0. The van der Waals surface area contributed by atoms with E-state index in [0.29, 0.717) is 12.0 Å². The molecule has 4 rings (SSSR count). The molecule has 0 aliphatic heterocycles. The van der Waals surface area contributed by atoms with Crippen molar-refractivity contribution >= 4 is 0 Å². The highest BCUT2D eigenvalue weighted by Gasteiger charge is 2.23. The third-order valence-electron chi connectivity index (χ3n) is 7.45. The third-order valence-corrected chi connectivity index (χ3v) is 7.45. The molecule has 172 valence electrons. The van der Waals surface area contributed by atoms with E-state index in [2.05, 4.69) is 13.0 Å². The number of hydrogen-bond acceptors (Lipinski definition) is 0. The summed E-state index contributed by atoms with van der Waals surface area (Å²) in [7, 11) is 0. The molecule has 0 unspecified atom stereocenters. The molecule has 0 radical (unpaired) electrons. The molecule has 32 heavy (non-hydrogen) atoms. The maximum Gasteiger partial charge on any atom is 0.194 e. The molecule has 4 heteroatoms. The van der Waals surface area contributed by atoms with E-state index in [9.17, 15) is 13.2 Å². The first-order chi connectivity index (χ1) is 15.5. The van der Waals surface area contributed by atoms with Gasteiger partial charge in [0.1, 0.15) is 5.82 Å². The average Bonchev–Trinajstić information content (AvgIpc) is 2.80. The van der Waals surface area contributed by atoms with Gasteiger partial charge in [-0.15, -0.1) is 0 Å². The van der Waals surface area contributed by atoms with Crippen LogP contribution in [-0.2, 0) is 12.8 Å². The van der Waals surface area contributed by atoms with Crippen LogP contribution in [0.15, 0.2) is 35.9 Å². The van der Waals surface area contributed by atoms with E-state index in [-0.39, 0.29) is 11.1 Å². The van der Waals surface area contributed by atoms with Gasteiger partial charge in [-0.05, 0) is 66.3 Å². The van der Waals surface area contributed by atoms with E-state index in [0.717, 1.165) is 42.4 Å². The second kappa shape index (κ2) is 10.2. The Bertz CT molecular complexity index is 960. The van der Waals surface area contributed by atoms with Crippen molar-refractivity contribution in [3.05, 3.63) is 70.3 Å². The number of benzene rings is 2. The first-order valence-corrected chi connectivity index (χ1v) is 12.1. The number of rotatable bonds is 7. The molecule has 0 spiro atoms. The summed E-state index contributed by atoms with van der Waals surface area (Å²) in [6, 6.07) is 5.11. The van der Waals surface area contributed by atoms with Gasteiger partial charge in [0.05, 0.1) is 0 Å². The molecule has 0 heterocycles. The van der Waals surface area contributed by atoms with Crippen molar-refractivity contribution in [2.24, 2.45) is 11.8 Å². The van der Waals surface area contributed by atoms with Crippen molar-refractivity contribution in [2.75, 3.05) is 0 Å². The Morgan fingerprint density at radius 3 is 2.16 bits per heavy atom. The van der Waals surface area contributed by atoms with Gasteiger partial charge in [-0.3, -0.25) is 0 Å². The Kier molecular flexibility index (Phi) is 7.37. The van der Waals surface area contributed by atoms with E-state index in [1.165, 1.54) is 56.9 Å². The minimum atomic E-state index is -1.53. The predicted octanol–water partition coefficient (Wildman–Crippen LogP) is 8.71. The van der Waals surface area contributed by atoms with Gasteiger partial charge in [-0.1, -0.05) is 75.7 Å². The van der Waals surface area contributed by atoms with E-state index in [1.54, 1.807) is 6.07 Å². The third kappa shape index (κ3) is 5.10. The largest absolute Gasteiger partial charge is 0.206 e. The first-order valence-electron chi connectivity index (χ1n) is 12.1. The molecule has 2 aromatic carbocycles. The van der Waals surface area contributed by atoms with Crippen LogP contribution < -0.4 is 0 Å². The van der Waals surface area contributed by atoms with Crippen molar-refractivity contribution in [2.45, 2.75) is 77.6 Å². The monoisotopic (exact) mass is 444 g/mol. The van der Waals surface area contributed by atoms with Gasteiger partial charge in [0.25, 0.3) is 0 Å². The summed E-state index contributed by atoms with van der Waals surface area (Å²) < 4.78 is 55.7. The minimum absolute atomic E-state index is 0.0195. The molecule has 1 saturated carbocycles. The Balaban J connectivity index is 1.37. The number of fused-ring (bicyclic) bond motifs is 1. The standard InChI is InChI=1S/C28H32F4/c1-2-3-4-18-5-7-19(8-6-18)9-10-20-11-13-23-21(15-20)12-14-24(27(23)31)22-16-25(29)28(32)26(30)17-22/h11-12,14,16-19H,2-10,13,15H2,1H3. The van der Waals surface area contributed by atoms with Gasteiger partial charge in [0.15, 0.2) is 17.5 Å². The normalized spacial score (nSPS) is 20.7. The zero-order valence-electron chi connectivity index (χ0n) is 18.8. The van der Waals surface area contributed by atoms with Gasteiger partial charge >= 0.3 is 0 Å². The van der Waals surface area contributed by atoms with Crippen LogP contribution in [0.5, 0.6) is 0 Å². The number of halogens is 4. The second-order valence-corrected chi connectivity index (χ2v) is 9.63. The lowest BCUT2D eigenvalue weighted by Gasteiger charge is -2.29. The maximum atomic E-state index is 15.2. The lowest BCUT2D eigenvalue weighted by atomic mass is 9.77.